The van der Waals surface area contributed by atoms with E-state index in [1.807, 2.05) is 78.9 Å². The minimum absolute atomic E-state index is 0.000498. The van der Waals surface area contributed by atoms with Gasteiger partial charge < -0.3 is 25.2 Å². The Morgan fingerprint density at radius 1 is 0.822 bits per heavy atom. The molecule has 1 aliphatic rings. The number of H-pyrrole nitrogens is 1. The Labute approximate surface area is 266 Å². The summed E-state index contributed by atoms with van der Waals surface area (Å²) in [5, 5.41) is 22.9. The highest BCUT2D eigenvalue weighted by Crippen LogP contribution is 2.40. The third kappa shape index (κ3) is 8.37. The highest BCUT2D eigenvalue weighted by molar-refractivity contribution is 7.99. The fraction of sp³-hybridized carbons (Fsp3) is 0.229. The van der Waals surface area contributed by atoms with E-state index in [4.69, 9.17) is 9.47 Å². The van der Waals surface area contributed by atoms with E-state index >= 15 is 0 Å². The van der Waals surface area contributed by atoms with Gasteiger partial charge in [0.2, 0.25) is 0 Å². The van der Waals surface area contributed by atoms with Gasteiger partial charge in [-0.3, -0.25) is 5.10 Å². The molecule has 45 heavy (non-hydrogen) atoms. The molecule has 4 aromatic carbocycles. The Morgan fingerprint density at radius 2 is 1.56 bits per heavy atom. The summed E-state index contributed by atoms with van der Waals surface area (Å²) in [4.78, 5) is 16.6. The average molecular weight is 622 g/mol. The van der Waals surface area contributed by atoms with Gasteiger partial charge >= 0.3 is 6.03 Å². The van der Waals surface area contributed by atoms with Crippen LogP contribution in [0.25, 0.3) is 11.1 Å². The van der Waals surface area contributed by atoms with Crippen LogP contribution in [-0.4, -0.2) is 38.2 Å². The molecule has 0 bridgehead atoms. The number of urea groups is 1. The van der Waals surface area contributed by atoms with E-state index < -0.39 is 6.29 Å². The van der Waals surface area contributed by atoms with Crippen molar-refractivity contribution in [2.75, 3.05) is 5.75 Å². The lowest BCUT2D eigenvalue weighted by molar-refractivity contribution is -0.245. The Bertz CT molecular complexity index is 1670. The standard InChI is InChI=1S/C35H35N5O4S/c41-21-25-12-14-27(15-13-25)32-18-31(22-45-35-38-23-39-40-35)43-33(44-32)30-11-5-10-29(17-30)28-9-4-8-26(16-28)20-37-34(42)36-19-24-6-2-1-3-7-24/h1-17,23,31-33,41H,18-22H2,(H2,36,37,42)(H,38,39,40)/t31-,32+,33+/m0/s1. The van der Waals surface area contributed by atoms with Crippen molar-refractivity contribution in [3.63, 3.8) is 0 Å². The summed E-state index contributed by atoms with van der Waals surface area (Å²) >= 11 is 1.57. The predicted molar refractivity (Wildman–Crippen MR) is 173 cm³/mol. The molecule has 0 aliphatic carbocycles. The zero-order valence-corrected chi connectivity index (χ0v) is 25.5. The van der Waals surface area contributed by atoms with E-state index in [0.29, 0.717) is 25.3 Å². The van der Waals surface area contributed by atoms with E-state index in [0.717, 1.165) is 44.1 Å². The molecule has 10 heteroatoms. The highest BCUT2D eigenvalue weighted by atomic mass is 32.2. The molecule has 0 radical (unpaired) electrons. The number of carbonyl (C=O) groups is 1. The number of hydrogen-bond donors (Lipinski definition) is 4. The molecular weight excluding hydrogens is 586 g/mol. The van der Waals surface area contributed by atoms with E-state index in [-0.39, 0.29) is 24.8 Å². The van der Waals surface area contributed by atoms with Crippen LogP contribution in [0.3, 0.4) is 0 Å². The van der Waals surface area contributed by atoms with Crippen LogP contribution in [0.1, 0.15) is 46.6 Å². The SMILES string of the molecule is O=C(NCc1ccccc1)NCc1cccc(-c2cccc([C@@H]3O[C@H](CSc4ncn[nH]4)C[C@H](c4ccc(CO)cc4)O3)c2)c1. The summed E-state index contributed by atoms with van der Waals surface area (Å²) in [6.07, 6.45) is 1.35. The smallest absolute Gasteiger partial charge is 0.315 e. The van der Waals surface area contributed by atoms with Crippen molar-refractivity contribution in [2.24, 2.45) is 0 Å². The first kappa shape index (κ1) is 30.5. The monoisotopic (exact) mass is 621 g/mol. The molecule has 3 atom stereocenters. The predicted octanol–water partition coefficient (Wildman–Crippen LogP) is 6.30. The lowest BCUT2D eigenvalue weighted by Gasteiger charge is -2.36. The number of aliphatic hydroxyl groups is 1. The number of thioether (sulfide) groups is 1. The molecule has 1 fully saturated rings. The quantitative estimate of drug-likeness (QED) is 0.128. The van der Waals surface area contributed by atoms with Crippen LogP contribution in [-0.2, 0) is 29.2 Å². The summed E-state index contributed by atoms with van der Waals surface area (Å²) in [6.45, 7) is 0.878. The summed E-state index contributed by atoms with van der Waals surface area (Å²) < 4.78 is 13.1. The van der Waals surface area contributed by atoms with Crippen LogP contribution >= 0.6 is 11.8 Å². The van der Waals surface area contributed by atoms with Gasteiger partial charge in [0.25, 0.3) is 0 Å². The summed E-state index contributed by atoms with van der Waals surface area (Å²) in [6, 6.07) is 33.8. The zero-order chi connectivity index (χ0) is 30.8. The number of aromatic amines is 1. The lowest BCUT2D eigenvalue weighted by Crippen LogP contribution is -2.34. The maximum Gasteiger partial charge on any atom is 0.315 e. The molecule has 5 aromatic rings. The Hall–Kier alpha value is -4.48. The van der Waals surface area contributed by atoms with Gasteiger partial charge in [-0.15, -0.1) is 0 Å². The minimum atomic E-state index is -0.570. The van der Waals surface area contributed by atoms with Gasteiger partial charge in [-0.2, -0.15) is 5.10 Å². The summed E-state index contributed by atoms with van der Waals surface area (Å²) in [5.41, 5.74) is 6.92. The molecule has 230 valence electrons. The van der Waals surface area contributed by atoms with Gasteiger partial charge in [0, 0.05) is 30.8 Å². The van der Waals surface area contributed by atoms with Crippen molar-refractivity contribution in [1.29, 1.82) is 0 Å². The molecule has 1 saturated heterocycles. The lowest BCUT2D eigenvalue weighted by atomic mass is 9.99. The molecule has 6 rings (SSSR count). The Kier molecular flexibility index (Phi) is 10.2. The molecule has 9 nitrogen and oxygen atoms in total. The fourth-order valence-electron chi connectivity index (χ4n) is 5.21. The van der Waals surface area contributed by atoms with Crippen LogP contribution in [0.4, 0.5) is 4.79 Å². The number of nitrogens with zero attached hydrogens (tertiary/aromatic N) is 2. The second kappa shape index (κ2) is 15.0. The molecule has 0 saturated carbocycles. The topological polar surface area (TPSA) is 121 Å². The number of ether oxygens (including phenoxy) is 2. The third-order valence-electron chi connectivity index (χ3n) is 7.58. The number of aliphatic hydroxyl groups excluding tert-OH is 1. The van der Waals surface area contributed by atoms with Crippen LogP contribution in [0, 0.1) is 0 Å². The molecule has 0 spiro atoms. The van der Waals surface area contributed by atoms with Crippen LogP contribution in [0.2, 0.25) is 0 Å². The fourth-order valence-corrected chi connectivity index (χ4v) is 6.00. The van der Waals surface area contributed by atoms with Gasteiger partial charge in [0.05, 0.1) is 18.8 Å². The second-order valence-electron chi connectivity index (χ2n) is 10.8. The van der Waals surface area contributed by atoms with Crippen molar-refractivity contribution < 1.29 is 19.4 Å². The Balaban J connectivity index is 1.14. The van der Waals surface area contributed by atoms with Crippen molar-refractivity contribution in [3.8, 4) is 11.1 Å². The zero-order valence-electron chi connectivity index (χ0n) is 24.6. The molecular formula is C35H35N5O4S. The van der Waals surface area contributed by atoms with Crippen LogP contribution in [0.5, 0.6) is 0 Å². The van der Waals surface area contributed by atoms with Crippen molar-refractivity contribution in [2.45, 2.75) is 49.8 Å². The molecule has 0 unspecified atom stereocenters. The van der Waals surface area contributed by atoms with Gasteiger partial charge in [0.15, 0.2) is 11.4 Å². The van der Waals surface area contributed by atoms with Gasteiger partial charge in [-0.25, -0.2) is 9.78 Å². The number of amides is 2. The van der Waals surface area contributed by atoms with Crippen LogP contribution in [0.15, 0.2) is 115 Å². The van der Waals surface area contributed by atoms with Crippen LogP contribution < -0.4 is 10.6 Å². The number of carbonyl (C=O) groups excluding carboxylic acids is 1. The molecule has 1 aliphatic heterocycles. The van der Waals surface area contributed by atoms with Crippen molar-refractivity contribution in [1.82, 2.24) is 25.8 Å². The van der Waals surface area contributed by atoms with E-state index in [1.54, 1.807) is 11.8 Å². The number of benzene rings is 4. The number of nitrogens with one attached hydrogen (secondary N) is 3. The maximum absolute atomic E-state index is 12.4. The van der Waals surface area contributed by atoms with E-state index in [1.165, 1.54) is 6.33 Å². The largest absolute Gasteiger partial charge is 0.392 e. The first-order valence-electron chi connectivity index (χ1n) is 14.9. The van der Waals surface area contributed by atoms with Crippen molar-refractivity contribution >= 4 is 17.8 Å². The first-order chi connectivity index (χ1) is 22.1. The maximum atomic E-state index is 12.4. The minimum Gasteiger partial charge on any atom is -0.392 e. The first-order valence-corrected chi connectivity index (χ1v) is 15.8. The summed E-state index contributed by atoms with van der Waals surface area (Å²) in [5.74, 6) is 0.688. The molecule has 4 N–H and O–H groups in total. The molecule has 1 aromatic heterocycles. The number of rotatable bonds is 11. The van der Waals surface area contributed by atoms with Gasteiger partial charge in [-0.1, -0.05) is 103 Å². The highest BCUT2D eigenvalue weighted by Gasteiger charge is 2.32. The number of hydrogen-bond acceptors (Lipinski definition) is 7. The summed E-state index contributed by atoms with van der Waals surface area (Å²) in [7, 11) is 0. The van der Waals surface area contributed by atoms with Gasteiger partial charge in [-0.05, 0) is 45.5 Å². The van der Waals surface area contributed by atoms with Gasteiger partial charge in [0.1, 0.15) is 6.33 Å². The van der Waals surface area contributed by atoms with E-state index in [2.05, 4.69) is 50.1 Å². The number of aromatic nitrogens is 3. The Morgan fingerprint density at radius 3 is 2.31 bits per heavy atom. The van der Waals surface area contributed by atoms with Crippen molar-refractivity contribution in [3.05, 3.63) is 137 Å². The molecule has 2 amide bonds. The van der Waals surface area contributed by atoms with E-state index in [9.17, 15) is 9.90 Å². The third-order valence-corrected chi connectivity index (χ3v) is 8.59. The average Bonchev–Trinajstić information content (AvgIpc) is 3.63. The normalized spacial score (nSPS) is 17.9. The molecule has 2 heterocycles. The second-order valence-corrected chi connectivity index (χ2v) is 11.8.